The Morgan fingerprint density at radius 3 is 2.18 bits per heavy atom. The second-order valence-corrected chi connectivity index (χ2v) is 16.7. The van der Waals surface area contributed by atoms with Gasteiger partial charge in [0.1, 0.15) is 12.1 Å². The molecule has 1 aromatic carbocycles. The Kier molecular flexibility index (Phi) is 12.4. The summed E-state index contributed by atoms with van der Waals surface area (Å²) < 4.78 is 5.29. The zero-order valence-electron chi connectivity index (χ0n) is 31.0. The molecule has 0 radical (unpaired) electrons. The highest BCUT2D eigenvalue weighted by Gasteiger charge is 2.56. The molecule has 6 atom stereocenters. The fourth-order valence-corrected chi connectivity index (χ4v) is 7.73. The van der Waals surface area contributed by atoms with Crippen molar-refractivity contribution >= 4 is 35.5 Å². The highest BCUT2D eigenvalue weighted by molar-refractivity contribution is 6.38. The fourth-order valence-electron chi connectivity index (χ4n) is 7.73. The first-order valence-corrected chi connectivity index (χ1v) is 18.1. The van der Waals surface area contributed by atoms with Crippen molar-refractivity contribution in [2.24, 2.45) is 28.6 Å². The van der Waals surface area contributed by atoms with E-state index in [1.165, 1.54) is 0 Å². The molecule has 5 amide bonds. The van der Waals surface area contributed by atoms with Crippen molar-refractivity contribution in [1.29, 1.82) is 0 Å². The van der Waals surface area contributed by atoms with Gasteiger partial charge in [-0.2, -0.15) is 0 Å². The lowest BCUT2D eigenvalue weighted by Gasteiger charge is -2.37. The van der Waals surface area contributed by atoms with Crippen LogP contribution in [0.4, 0.5) is 4.79 Å². The second kappa shape index (κ2) is 15.9. The molecule has 2 aliphatic carbocycles. The van der Waals surface area contributed by atoms with Gasteiger partial charge in [0.25, 0.3) is 5.91 Å². The van der Waals surface area contributed by atoms with Gasteiger partial charge < -0.3 is 30.9 Å². The van der Waals surface area contributed by atoms with Crippen LogP contribution in [0.15, 0.2) is 30.3 Å². The van der Waals surface area contributed by atoms with Gasteiger partial charge in [0.05, 0.1) is 24.7 Å². The van der Waals surface area contributed by atoms with Crippen LogP contribution >= 0.6 is 0 Å². The summed E-state index contributed by atoms with van der Waals surface area (Å²) in [6, 6.07) is 6.13. The molecule has 12 nitrogen and oxygen atoms in total. The van der Waals surface area contributed by atoms with Gasteiger partial charge in [-0.1, -0.05) is 84.2 Å². The number of hydrogen-bond donors (Lipinski definition) is 4. The van der Waals surface area contributed by atoms with Crippen molar-refractivity contribution in [3.8, 4) is 0 Å². The summed E-state index contributed by atoms with van der Waals surface area (Å²) in [6.45, 7) is 15.1. The summed E-state index contributed by atoms with van der Waals surface area (Å²) in [5, 5.41) is 10.9. The third kappa shape index (κ3) is 9.84. The molecule has 276 valence electrons. The number of nitrogens with one attached hydrogen (secondary N) is 4. The van der Waals surface area contributed by atoms with E-state index < -0.39 is 59.7 Å². The topological polar surface area (TPSA) is 163 Å². The Balaban J connectivity index is 1.50. The number of carbonyl (C=O) groups excluding carboxylic acids is 6. The largest absolute Gasteiger partial charge is 0.447 e. The first-order chi connectivity index (χ1) is 23.4. The molecule has 0 bridgehead atoms. The first-order valence-electron chi connectivity index (χ1n) is 18.1. The van der Waals surface area contributed by atoms with Crippen molar-refractivity contribution < 1.29 is 33.5 Å². The van der Waals surface area contributed by atoms with Crippen LogP contribution in [0.5, 0.6) is 0 Å². The van der Waals surface area contributed by atoms with Gasteiger partial charge in [-0.15, -0.1) is 0 Å². The number of ketones is 1. The van der Waals surface area contributed by atoms with E-state index in [0.29, 0.717) is 19.4 Å². The molecular weight excluding hydrogens is 638 g/mol. The molecule has 12 heteroatoms. The predicted molar refractivity (Wildman–Crippen MR) is 188 cm³/mol. The van der Waals surface area contributed by atoms with Crippen LogP contribution < -0.4 is 21.3 Å². The van der Waals surface area contributed by atoms with Gasteiger partial charge in [0.15, 0.2) is 0 Å². The molecule has 50 heavy (non-hydrogen) atoms. The van der Waals surface area contributed by atoms with Crippen LogP contribution in [0.25, 0.3) is 0 Å². The highest BCUT2D eigenvalue weighted by atomic mass is 16.6. The summed E-state index contributed by atoms with van der Waals surface area (Å²) >= 11 is 0. The molecular formula is C38H57N5O7. The van der Waals surface area contributed by atoms with E-state index in [9.17, 15) is 28.8 Å². The summed E-state index contributed by atoms with van der Waals surface area (Å²) in [5.41, 5.74) is 0.168. The molecule has 4 unspecified atom stereocenters. The molecule has 4 N–H and O–H groups in total. The molecule has 1 aliphatic heterocycles. The summed E-state index contributed by atoms with van der Waals surface area (Å²) in [7, 11) is 0. The lowest BCUT2D eigenvalue weighted by atomic mass is 9.80. The van der Waals surface area contributed by atoms with Crippen molar-refractivity contribution in [2.45, 2.75) is 124 Å². The number of amides is 5. The van der Waals surface area contributed by atoms with Crippen LogP contribution in [0, 0.1) is 28.6 Å². The summed E-state index contributed by atoms with van der Waals surface area (Å²) in [6.07, 6.45) is 3.52. The Bertz CT molecular complexity index is 1420. The molecule has 0 aromatic heterocycles. The molecule has 1 heterocycles. The maximum Gasteiger partial charge on any atom is 0.408 e. The lowest BCUT2D eigenvalue weighted by molar-refractivity contribution is -0.145. The normalized spacial score (nSPS) is 23.1. The predicted octanol–water partition coefficient (Wildman–Crippen LogP) is 4.04. The minimum absolute atomic E-state index is 0.0363. The molecule has 1 aromatic rings. The molecule has 1 saturated heterocycles. The van der Waals surface area contributed by atoms with Crippen molar-refractivity contribution in [1.82, 2.24) is 26.2 Å². The van der Waals surface area contributed by atoms with Crippen LogP contribution in [-0.4, -0.2) is 77.7 Å². The average Bonchev–Trinajstić information content (AvgIpc) is 3.50. The molecule has 3 fully saturated rings. The Morgan fingerprint density at radius 1 is 0.940 bits per heavy atom. The maximum absolute atomic E-state index is 14.3. The van der Waals surface area contributed by atoms with Crippen molar-refractivity contribution in [2.75, 3.05) is 13.1 Å². The molecule has 0 spiro atoms. The number of nitrogens with zero attached hydrogens (tertiary/aromatic N) is 1. The molecule has 3 aliphatic rings. The number of alkyl carbamates (subject to hydrolysis) is 1. The Morgan fingerprint density at radius 2 is 1.60 bits per heavy atom. The number of carbonyl (C=O) groups is 6. The van der Waals surface area contributed by atoms with Crippen LogP contribution in [0.2, 0.25) is 0 Å². The van der Waals surface area contributed by atoms with Gasteiger partial charge in [-0.25, -0.2) is 4.79 Å². The van der Waals surface area contributed by atoms with E-state index in [1.54, 1.807) is 18.7 Å². The number of ether oxygens (including phenoxy) is 1. The van der Waals surface area contributed by atoms with Gasteiger partial charge in [-0.05, 0) is 74.2 Å². The van der Waals surface area contributed by atoms with Crippen LogP contribution in [-0.2, 0) is 28.7 Å². The number of hydrogen-bond acceptors (Lipinski definition) is 7. The van der Waals surface area contributed by atoms with E-state index in [0.717, 1.165) is 31.2 Å². The standard InChI is InChI=1S/C38H57N5O7/c1-22(2)50-36(49)42-32(37(4,5)6)35(48)43-21-26-18-38(7,8)19-27(26)30(43)33(46)41-28(17-24-13-12-14-24)31(45)34(47)39-20-29(44)40-23(3)25-15-10-9-11-16-25/h9-11,15-16,22-24,26-28,30,32H,12-14,17-21H2,1-8H3,(H,39,47)(H,40,44)(H,41,46)(H,42,49)/t23?,26-,27-,28?,30?,32?/m0/s1. The number of fused-ring (bicyclic) bond motifs is 1. The van der Waals surface area contributed by atoms with Gasteiger partial charge in [0, 0.05) is 6.54 Å². The minimum atomic E-state index is -1.11. The third-order valence-corrected chi connectivity index (χ3v) is 10.4. The van der Waals surface area contributed by atoms with E-state index in [4.69, 9.17) is 4.74 Å². The van der Waals surface area contributed by atoms with E-state index in [-0.39, 0.29) is 41.2 Å². The van der Waals surface area contributed by atoms with Gasteiger partial charge in [-0.3, -0.25) is 24.0 Å². The quantitative estimate of drug-likeness (QED) is 0.227. The van der Waals surface area contributed by atoms with E-state index in [1.807, 2.05) is 58.0 Å². The molecule has 2 saturated carbocycles. The number of likely N-dealkylation sites (tertiary alicyclic amines) is 1. The van der Waals surface area contributed by atoms with E-state index in [2.05, 4.69) is 35.1 Å². The zero-order valence-corrected chi connectivity index (χ0v) is 31.0. The third-order valence-electron chi connectivity index (χ3n) is 10.4. The molecule has 4 rings (SSSR count). The highest BCUT2D eigenvalue weighted by Crippen LogP contribution is 2.51. The monoisotopic (exact) mass is 695 g/mol. The van der Waals surface area contributed by atoms with Crippen molar-refractivity contribution in [3.63, 3.8) is 0 Å². The van der Waals surface area contributed by atoms with Gasteiger partial charge >= 0.3 is 6.09 Å². The maximum atomic E-state index is 14.3. The zero-order chi connectivity index (χ0) is 37.0. The minimum Gasteiger partial charge on any atom is -0.447 e. The number of rotatable bonds is 13. The second-order valence-electron chi connectivity index (χ2n) is 16.7. The average molecular weight is 696 g/mol. The fraction of sp³-hybridized carbons (Fsp3) is 0.684. The van der Waals surface area contributed by atoms with Crippen molar-refractivity contribution in [3.05, 3.63) is 35.9 Å². The van der Waals surface area contributed by atoms with Crippen LogP contribution in [0.3, 0.4) is 0 Å². The first kappa shape index (κ1) is 38.8. The lowest BCUT2D eigenvalue weighted by Crippen LogP contribution is -2.60. The number of benzene rings is 1. The number of Topliss-reactive ketones (excluding diaryl/α,β-unsaturated/α-hetero) is 1. The SMILES string of the molecule is CC(C)OC(=O)NC(C(=O)N1C[C@@H]2CC(C)(C)C[C@@H]2C1C(=O)NC(CC1CCC1)C(=O)C(=O)NCC(=O)NC(C)c1ccccc1)C(C)(C)C. The Hall–Kier alpha value is -3.96. The van der Waals surface area contributed by atoms with E-state index >= 15 is 0 Å². The van der Waals surface area contributed by atoms with Crippen LogP contribution in [0.1, 0.15) is 106 Å². The van der Waals surface area contributed by atoms with Gasteiger partial charge in [0.2, 0.25) is 23.5 Å². The summed E-state index contributed by atoms with van der Waals surface area (Å²) in [4.78, 5) is 82.3. The Labute approximate surface area is 296 Å². The smallest absolute Gasteiger partial charge is 0.408 e. The summed E-state index contributed by atoms with van der Waals surface area (Å²) in [5.74, 6) is -3.00.